The third-order valence-electron chi connectivity index (χ3n) is 4.24. The number of ether oxygens (including phenoxy) is 1. The van der Waals surface area contributed by atoms with Gasteiger partial charge in [0.15, 0.2) is 0 Å². The Balaban J connectivity index is 1.59. The zero-order chi connectivity index (χ0) is 16.2. The van der Waals surface area contributed by atoms with E-state index in [4.69, 9.17) is 4.74 Å². The number of hydrogen-bond donors (Lipinski definition) is 1. The summed E-state index contributed by atoms with van der Waals surface area (Å²) < 4.78 is 7.65. The topological polar surface area (TPSA) is 56.2 Å². The Bertz CT molecular complexity index is 651. The highest BCUT2D eigenvalue weighted by molar-refractivity contribution is 5.92. The van der Waals surface area contributed by atoms with Crippen molar-refractivity contribution in [1.29, 1.82) is 0 Å². The van der Waals surface area contributed by atoms with Crippen LogP contribution in [0.2, 0.25) is 0 Å². The fourth-order valence-electron chi connectivity index (χ4n) is 2.92. The number of benzene rings is 1. The summed E-state index contributed by atoms with van der Waals surface area (Å²) in [5.74, 6) is 0.177. The molecule has 0 aliphatic carbocycles. The van der Waals surface area contributed by atoms with Gasteiger partial charge in [-0.3, -0.25) is 9.48 Å². The number of carbonyl (C=O) groups is 1. The first-order valence-electron chi connectivity index (χ1n) is 8.15. The largest absolute Gasteiger partial charge is 0.373 e. The maximum absolute atomic E-state index is 12.3. The van der Waals surface area contributed by atoms with Gasteiger partial charge in [0.1, 0.15) is 5.69 Å². The molecule has 0 radical (unpaired) electrons. The third-order valence-corrected chi connectivity index (χ3v) is 4.24. The van der Waals surface area contributed by atoms with Gasteiger partial charge in [-0.2, -0.15) is 5.10 Å². The number of rotatable bonds is 5. The zero-order valence-electron chi connectivity index (χ0n) is 13.6. The van der Waals surface area contributed by atoms with E-state index in [0.29, 0.717) is 18.2 Å². The van der Waals surface area contributed by atoms with E-state index < -0.39 is 0 Å². The van der Waals surface area contributed by atoms with Crippen molar-refractivity contribution < 1.29 is 9.53 Å². The van der Waals surface area contributed by atoms with Gasteiger partial charge < -0.3 is 10.1 Å². The van der Waals surface area contributed by atoms with Crippen molar-refractivity contribution in [2.24, 2.45) is 5.92 Å². The van der Waals surface area contributed by atoms with Gasteiger partial charge in [-0.25, -0.2) is 0 Å². The molecule has 1 aromatic heterocycles. The highest BCUT2D eigenvalue weighted by atomic mass is 16.5. The van der Waals surface area contributed by atoms with Crippen molar-refractivity contribution in [1.82, 2.24) is 15.1 Å². The lowest BCUT2D eigenvalue weighted by atomic mass is 9.95. The molecule has 1 N–H and O–H groups in total. The van der Waals surface area contributed by atoms with Crippen LogP contribution in [0.25, 0.3) is 0 Å². The first kappa shape index (κ1) is 15.7. The van der Waals surface area contributed by atoms with Crippen LogP contribution >= 0.6 is 0 Å². The summed E-state index contributed by atoms with van der Waals surface area (Å²) in [6.07, 6.45) is 2.86. The van der Waals surface area contributed by atoms with Gasteiger partial charge in [-0.1, -0.05) is 30.3 Å². The Kier molecular flexibility index (Phi) is 4.76. The number of nitrogens with one attached hydrogen (secondary N) is 1. The molecule has 2 aromatic rings. The second-order valence-electron chi connectivity index (χ2n) is 6.24. The molecular weight excluding hydrogens is 290 g/mol. The Labute approximate surface area is 136 Å². The molecule has 3 rings (SSSR count). The smallest absolute Gasteiger partial charge is 0.271 e. The minimum absolute atomic E-state index is 0.0599. The Morgan fingerprint density at radius 2 is 2.13 bits per heavy atom. The van der Waals surface area contributed by atoms with E-state index in [1.165, 1.54) is 5.56 Å². The van der Waals surface area contributed by atoms with Crippen LogP contribution in [0.1, 0.15) is 48.5 Å². The van der Waals surface area contributed by atoms with Crippen LogP contribution in [-0.2, 0) is 4.74 Å². The average Bonchev–Trinajstić information content (AvgIpc) is 3.22. The molecule has 0 saturated carbocycles. The molecule has 2 atom stereocenters. The van der Waals surface area contributed by atoms with Crippen molar-refractivity contribution in [2.75, 3.05) is 13.2 Å². The molecule has 23 heavy (non-hydrogen) atoms. The van der Waals surface area contributed by atoms with Crippen LogP contribution in [0.15, 0.2) is 42.6 Å². The second kappa shape index (κ2) is 6.96. The van der Waals surface area contributed by atoms with Gasteiger partial charge in [-0.15, -0.1) is 0 Å². The molecule has 1 aromatic carbocycles. The van der Waals surface area contributed by atoms with Gasteiger partial charge in [0.2, 0.25) is 0 Å². The van der Waals surface area contributed by atoms with E-state index in [-0.39, 0.29) is 18.1 Å². The predicted molar refractivity (Wildman–Crippen MR) is 88.2 cm³/mol. The van der Waals surface area contributed by atoms with E-state index in [9.17, 15) is 4.79 Å². The summed E-state index contributed by atoms with van der Waals surface area (Å²) in [6, 6.07) is 12.2. The number of amides is 1. The highest BCUT2D eigenvalue weighted by Crippen LogP contribution is 2.33. The molecular formula is C18H23N3O2. The van der Waals surface area contributed by atoms with E-state index in [2.05, 4.69) is 22.5 Å². The number of hydrogen-bond acceptors (Lipinski definition) is 3. The fraction of sp³-hybridized carbons (Fsp3) is 0.444. The summed E-state index contributed by atoms with van der Waals surface area (Å²) >= 11 is 0. The maximum Gasteiger partial charge on any atom is 0.271 e. The fourth-order valence-corrected chi connectivity index (χ4v) is 2.92. The van der Waals surface area contributed by atoms with Crippen LogP contribution in [0.4, 0.5) is 0 Å². The van der Waals surface area contributed by atoms with Gasteiger partial charge in [0.05, 0.1) is 6.10 Å². The van der Waals surface area contributed by atoms with Gasteiger partial charge in [0.25, 0.3) is 5.91 Å². The molecule has 2 heterocycles. The minimum Gasteiger partial charge on any atom is -0.373 e. The second-order valence-corrected chi connectivity index (χ2v) is 6.24. The average molecular weight is 313 g/mol. The first-order chi connectivity index (χ1) is 11.1. The van der Waals surface area contributed by atoms with Crippen molar-refractivity contribution in [3.05, 3.63) is 53.9 Å². The summed E-state index contributed by atoms with van der Waals surface area (Å²) in [7, 11) is 0. The SMILES string of the molecule is CC(C)n1ccc(C(=O)NC[C@H]2CCO[C@@H]2c2ccccc2)n1. The predicted octanol–water partition coefficient (Wildman–Crippen LogP) is 2.97. The molecule has 1 saturated heterocycles. The van der Waals surface area contributed by atoms with Crippen molar-refractivity contribution in [2.45, 2.75) is 32.4 Å². The molecule has 1 aliphatic rings. The number of nitrogens with zero attached hydrogens (tertiary/aromatic N) is 2. The lowest BCUT2D eigenvalue weighted by molar-refractivity contribution is 0.0843. The molecule has 1 aliphatic heterocycles. The highest BCUT2D eigenvalue weighted by Gasteiger charge is 2.30. The van der Waals surface area contributed by atoms with Crippen molar-refractivity contribution in [3.63, 3.8) is 0 Å². The maximum atomic E-state index is 12.3. The standard InChI is InChI=1S/C18H23N3O2/c1-13(2)21-10-8-16(20-21)18(22)19-12-15-9-11-23-17(15)14-6-4-3-5-7-14/h3-8,10,13,15,17H,9,11-12H2,1-2H3,(H,19,22)/t15-,17-/m1/s1. The van der Waals surface area contributed by atoms with E-state index in [0.717, 1.165) is 13.0 Å². The molecule has 1 fully saturated rings. The Hall–Kier alpha value is -2.14. The monoisotopic (exact) mass is 313 g/mol. The Morgan fingerprint density at radius 1 is 1.35 bits per heavy atom. The number of carbonyl (C=O) groups excluding carboxylic acids is 1. The van der Waals surface area contributed by atoms with Gasteiger partial charge in [0, 0.05) is 31.3 Å². The zero-order valence-corrected chi connectivity index (χ0v) is 13.6. The molecule has 0 spiro atoms. The normalized spacial score (nSPS) is 20.8. The van der Waals surface area contributed by atoms with E-state index in [1.807, 2.05) is 38.2 Å². The molecule has 122 valence electrons. The first-order valence-corrected chi connectivity index (χ1v) is 8.15. The molecule has 0 bridgehead atoms. The minimum atomic E-state index is -0.122. The van der Waals surface area contributed by atoms with Crippen molar-refractivity contribution in [3.8, 4) is 0 Å². The lowest BCUT2D eigenvalue weighted by Crippen LogP contribution is -2.31. The summed E-state index contributed by atoms with van der Waals surface area (Å²) in [5, 5.41) is 7.30. The summed E-state index contributed by atoms with van der Waals surface area (Å²) in [6.45, 7) is 5.42. The van der Waals surface area contributed by atoms with Crippen LogP contribution in [0.5, 0.6) is 0 Å². The van der Waals surface area contributed by atoms with Crippen LogP contribution in [0, 0.1) is 5.92 Å². The third kappa shape index (κ3) is 3.62. The quantitative estimate of drug-likeness (QED) is 0.923. The van der Waals surface area contributed by atoms with Crippen LogP contribution < -0.4 is 5.32 Å². The van der Waals surface area contributed by atoms with Gasteiger partial charge >= 0.3 is 0 Å². The van der Waals surface area contributed by atoms with E-state index >= 15 is 0 Å². The van der Waals surface area contributed by atoms with Crippen LogP contribution in [0.3, 0.4) is 0 Å². The molecule has 5 heteroatoms. The summed E-state index contributed by atoms with van der Waals surface area (Å²) in [4.78, 5) is 12.3. The molecule has 0 unspecified atom stereocenters. The van der Waals surface area contributed by atoms with Crippen molar-refractivity contribution >= 4 is 5.91 Å². The van der Waals surface area contributed by atoms with Crippen LogP contribution in [-0.4, -0.2) is 28.8 Å². The lowest BCUT2D eigenvalue weighted by Gasteiger charge is -2.19. The summed E-state index contributed by atoms with van der Waals surface area (Å²) in [5.41, 5.74) is 1.64. The Morgan fingerprint density at radius 3 is 2.83 bits per heavy atom. The van der Waals surface area contributed by atoms with Gasteiger partial charge in [-0.05, 0) is 31.9 Å². The molecule has 5 nitrogen and oxygen atoms in total. The van der Waals surface area contributed by atoms with E-state index in [1.54, 1.807) is 10.7 Å². The molecule has 1 amide bonds. The number of aromatic nitrogens is 2.